The molecule has 2 saturated heterocycles. The molecule has 2 fully saturated rings. The molecule has 0 aromatic carbocycles. The maximum atomic E-state index is 13.0. The number of esters is 2. The summed E-state index contributed by atoms with van der Waals surface area (Å²) in [5.41, 5.74) is 0. The van der Waals surface area contributed by atoms with E-state index in [1.54, 1.807) is 0 Å². The van der Waals surface area contributed by atoms with Crippen molar-refractivity contribution in [3.8, 4) is 0 Å². The van der Waals surface area contributed by atoms with Gasteiger partial charge in [0.1, 0.15) is 55.4 Å². The van der Waals surface area contributed by atoms with Crippen LogP contribution in [0.4, 0.5) is 0 Å². The molecule has 70 heavy (non-hydrogen) atoms. The van der Waals surface area contributed by atoms with Crippen molar-refractivity contribution < 1.29 is 73.8 Å². The molecule has 412 valence electrons. The second-order valence-electron chi connectivity index (χ2n) is 20.1. The molecule has 0 radical (unpaired) electrons. The van der Waals surface area contributed by atoms with E-state index in [0.29, 0.717) is 12.8 Å². The van der Waals surface area contributed by atoms with E-state index in [1.807, 2.05) is 0 Å². The fourth-order valence-corrected chi connectivity index (χ4v) is 9.10. The Hall–Kier alpha value is -1.76. The van der Waals surface area contributed by atoms with Crippen molar-refractivity contribution in [2.75, 3.05) is 26.4 Å². The number of ether oxygens (including phenoxy) is 6. The Kier molecular flexibility index (Phi) is 39.1. The Morgan fingerprint density at radius 2 is 0.814 bits per heavy atom. The summed E-state index contributed by atoms with van der Waals surface area (Å²) in [4.78, 5) is 25.8. The van der Waals surface area contributed by atoms with E-state index < -0.39 is 92.7 Å². The summed E-state index contributed by atoms with van der Waals surface area (Å²) < 4.78 is 33.7. The highest BCUT2D eigenvalue weighted by atomic mass is 16.7. The molecule has 11 atom stereocenters. The first kappa shape index (κ1) is 64.4. The number of allylic oxidation sites excluding steroid dienone is 2. The van der Waals surface area contributed by atoms with Crippen LogP contribution in [0.25, 0.3) is 0 Å². The monoisotopic (exact) mass is 1000 g/mol. The third-order valence-corrected chi connectivity index (χ3v) is 13.7. The van der Waals surface area contributed by atoms with Gasteiger partial charge in [-0.1, -0.05) is 193 Å². The van der Waals surface area contributed by atoms with Crippen LogP contribution in [0.3, 0.4) is 0 Å². The van der Waals surface area contributed by atoms with Gasteiger partial charge < -0.3 is 64.2 Å². The van der Waals surface area contributed by atoms with E-state index >= 15 is 0 Å². The van der Waals surface area contributed by atoms with E-state index in [9.17, 15) is 45.3 Å². The lowest BCUT2D eigenvalue weighted by molar-refractivity contribution is -0.332. The first-order valence-corrected chi connectivity index (χ1v) is 28.3. The predicted molar refractivity (Wildman–Crippen MR) is 271 cm³/mol. The molecule has 2 rings (SSSR count). The summed E-state index contributed by atoms with van der Waals surface area (Å²) in [5, 5.41) is 72.2. The van der Waals surface area contributed by atoms with Gasteiger partial charge in [-0.15, -0.1) is 0 Å². The van der Waals surface area contributed by atoms with Crippen LogP contribution < -0.4 is 0 Å². The molecular formula is C55H102O15. The van der Waals surface area contributed by atoms with E-state index in [4.69, 9.17) is 28.4 Å². The van der Waals surface area contributed by atoms with Gasteiger partial charge in [0.25, 0.3) is 0 Å². The fraction of sp³-hybridized carbons (Fsp3) is 0.927. The minimum atomic E-state index is -1.76. The molecule has 2 heterocycles. The van der Waals surface area contributed by atoms with Crippen LogP contribution in [0.2, 0.25) is 0 Å². The van der Waals surface area contributed by atoms with Gasteiger partial charge in [-0.2, -0.15) is 0 Å². The molecule has 0 spiro atoms. The molecule has 0 saturated carbocycles. The number of unbranched alkanes of at least 4 members (excludes halogenated alkanes) is 29. The quantitative estimate of drug-likeness (QED) is 0.0172. The summed E-state index contributed by atoms with van der Waals surface area (Å²) in [6.07, 6.45) is 26.6. The minimum Gasteiger partial charge on any atom is -0.462 e. The lowest BCUT2D eigenvalue weighted by atomic mass is 9.98. The summed E-state index contributed by atoms with van der Waals surface area (Å²) in [7, 11) is 0. The number of hydrogen-bond acceptors (Lipinski definition) is 15. The highest BCUT2D eigenvalue weighted by molar-refractivity contribution is 5.70. The smallest absolute Gasteiger partial charge is 0.306 e. The largest absolute Gasteiger partial charge is 0.462 e. The molecule has 0 bridgehead atoms. The number of aliphatic hydroxyl groups excluding tert-OH is 7. The zero-order valence-corrected chi connectivity index (χ0v) is 43.8. The fourth-order valence-electron chi connectivity index (χ4n) is 9.10. The molecule has 0 aromatic rings. The first-order chi connectivity index (χ1) is 34.0. The van der Waals surface area contributed by atoms with Gasteiger partial charge >= 0.3 is 11.9 Å². The number of hydrogen-bond donors (Lipinski definition) is 7. The Morgan fingerprint density at radius 3 is 1.27 bits per heavy atom. The van der Waals surface area contributed by atoms with Gasteiger partial charge in [0.2, 0.25) is 0 Å². The minimum absolute atomic E-state index is 0.171. The Labute approximate surface area is 422 Å². The van der Waals surface area contributed by atoms with Crippen LogP contribution in [-0.4, -0.2) is 142 Å². The highest BCUT2D eigenvalue weighted by Gasteiger charge is 2.47. The molecular weight excluding hydrogens is 901 g/mol. The number of rotatable bonds is 45. The average molecular weight is 1000 g/mol. The lowest BCUT2D eigenvalue weighted by Crippen LogP contribution is -2.61. The van der Waals surface area contributed by atoms with Gasteiger partial charge in [-0.3, -0.25) is 9.59 Å². The van der Waals surface area contributed by atoms with Crippen molar-refractivity contribution in [2.24, 2.45) is 0 Å². The SMILES string of the molecule is CCCCCC/C=C/CCCCCCCCCC(=O)OC[C@H](CO[C@H]1O[C@@H](CO[C@H]2O[C@@H](CO)[C@@H](O)C(O)C2O)[C@@H](O)C(O)C1O)OC(=O)CCCCCCCCCCCCCCCCCCCCC. The van der Waals surface area contributed by atoms with E-state index in [2.05, 4.69) is 26.0 Å². The number of carbonyl (C=O) groups excluding carboxylic acids is 2. The summed E-state index contributed by atoms with van der Waals surface area (Å²) in [5.74, 6) is -0.916. The molecule has 4 unspecified atom stereocenters. The third kappa shape index (κ3) is 29.8. The van der Waals surface area contributed by atoms with Crippen LogP contribution in [0.1, 0.15) is 232 Å². The predicted octanol–water partition coefficient (Wildman–Crippen LogP) is 8.94. The van der Waals surface area contributed by atoms with Crippen molar-refractivity contribution in [3.05, 3.63) is 12.2 Å². The summed E-state index contributed by atoms with van der Waals surface area (Å²) >= 11 is 0. The van der Waals surface area contributed by atoms with Crippen LogP contribution in [-0.2, 0) is 38.0 Å². The van der Waals surface area contributed by atoms with Gasteiger partial charge in [-0.25, -0.2) is 0 Å². The van der Waals surface area contributed by atoms with Crippen LogP contribution >= 0.6 is 0 Å². The molecule has 2 aliphatic heterocycles. The normalized spacial score (nSPS) is 25.4. The lowest BCUT2D eigenvalue weighted by Gasteiger charge is -2.42. The Balaban J connectivity index is 1.76. The Morgan fingerprint density at radius 1 is 0.443 bits per heavy atom. The van der Waals surface area contributed by atoms with E-state index in [0.717, 1.165) is 44.9 Å². The zero-order valence-electron chi connectivity index (χ0n) is 43.8. The molecule has 0 amide bonds. The average Bonchev–Trinajstić information content (AvgIpc) is 3.35. The van der Waals surface area contributed by atoms with Gasteiger partial charge in [-0.05, 0) is 38.5 Å². The van der Waals surface area contributed by atoms with Crippen LogP contribution in [0, 0.1) is 0 Å². The molecule has 15 nitrogen and oxygen atoms in total. The van der Waals surface area contributed by atoms with Crippen molar-refractivity contribution >= 4 is 11.9 Å². The van der Waals surface area contributed by atoms with Crippen molar-refractivity contribution in [1.82, 2.24) is 0 Å². The highest BCUT2D eigenvalue weighted by Crippen LogP contribution is 2.27. The maximum absolute atomic E-state index is 13.0. The van der Waals surface area contributed by atoms with Gasteiger partial charge in [0, 0.05) is 12.8 Å². The van der Waals surface area contributed by atoms with Gasteiger partial charge in [0.15, 0.2) is 18.7 Å². The topological polar surface area (TPSA) is 231 Å². The summed E-state index contributed by atoms with van der Waals surface area (Å²) in [6, 6.07) is 0. The number of carbonyl (C=O) groups is 2. The maximum Gasteiger partial charge on any atom is 0.306 e. The Bertz CT molecular complexity index is 1270. The molecule has 0 aromatic heterocycles. The summed E-state index contributed by atoms with van der Waals surface area (Å²) in [6.45, 7) is 2.62. The van der Waals surface area contributed by atoms with E-state index in [1.165, 1.54) is 148 Å². The van der Waals surface area contributed by atoms with Gasteiger partial charge in [0.05, 0.1) is 19.8 Å². The van der Waals surface area contributed by atoms with Crippen LogP contribution in [0.15, 0.2) is 12.2 Å². The first-order valence-electron chi connectivity index (χ1n) is 28.3. The molecule has 7 N–H and O–H groups in total. The van der Waals surface area contributed by atoms with Crippen molar-refractivity contribution in [2.45, 2.75) is 300 Å². The standard InChI is InChI=1S/C55H102O15/c1-3-5-7-9-11-13-15-17-19-20-21-22-24-26-28-30-32-34-36-38-47(58)68-43(40-65-46(57)37-35-33-31-29-27-25-23-18-16-14-12-10-8-6-4-2)41-66-54-53(64)51(62)49(60)45(70-54)42-67-55-52(63)50(61)48(59)44(39-56)69-55/h14,16,43-45,48-56,59-64H,3-13,15,17-42H2,1-2H3/b16-14+/t43-,44+,45+,48-,49-,50?,51?,52?,53?,54+,55+/m1/s1. The van der Waals surface area contributed by atoms with Crippen molar-refractivity contribution in [3.63, 3.8) is 0 Å². The molecule has 0 aliphatic carbocycles. The van der Waals surface area contributed by atoms with E-state index in [-0.39, 0.29) is 26.1 Å². The van der Waals surface area contributed by atoms with Crippen LogP contribution in [0.5, 0.6) is 0 Å². The second-order valence-corrected chi connectivity index (χ2v) is 20.1. The zero-order chi connectivity index (χ0) is 51.0. The van der Waals surface area contributed by atoms with Crippen molar-refractivity contribution in [1.29, 1.82) is 0 Å². The number of aliphatic hydroxyl groups is 7. The third-order valence-electron chi connectivity index (χ3n) is 13.7. The molecule has 15 heteroatoms. The second kappa shape index (κ2) is 42.6. The molecule has 2 aliphatic rings.